The highest BCUT2D eigenvalue weighted by atomic mass is 127. The molecular formula is C17H15ClINO3. The second-order valence-corrected chi connectivity index (χ2v) is 6.74. The molecule has 2 aromatic rings. The average Bonchev–Trinajstić information content (AvgIpc) is 2.79. The van der Waals surface area contributed by atoms with E-state index in [9.17, 15) is 4.79 Å². The summed E-state index contributed by atoms with van der Waals surface area (Å²) < 4.78 is 12.1. The number of benzene rings is 2. The highest BCUT2D eigenvalue weighted by Gasteiger charge is 2.13. The Morgan fingerprint density at radius 2 is 1.91 bits per heavy atom. The van der Waals surface area contributed by atoms with Crippen molar-refractivity contribution >= 4 is 40.1 Å². The van der Waals surface area contributed by atoms with E-state index in [0.717, 1.165) is 27.1 Å². The highest BCUT2D eigenvalue weighted by Crippen LogP contribution is 2.30. The molecule has 2 aromatic carbocycles. The van der Waals surface area contributed by atoms with Gasteiger partial charge in [0, 0.05) is 21.6 Å². The number of rotatable bonds is 3. The van der Waals surface area contributed by atoms with Crippen LogP contribution < -0.4 is 14.8 Å². The van der Waals surface area contributed by atoms with E-state index in [-0.39, 0.29) is 5.91 Å². The lowest BCUT2D eigenvalue weighted by Gasteiger charge is -2.11. The van der Waals surface area contributed by atoms with Crippen molar-refractivity contribution in [3.63, 3.8) is 0 Å². The summed E-state index contributed by atoms with van der Waals surface area (Å²) in [5, 5.41) is 3.45. The molecule has 3 rings (SSSR count). The quantitative estimate of drug-likeness (QED) is 0.729. The van der Waals surface area contributed by atoms with Crippen LogP contribution in [0.25, 0.3) is 0 Å². The van der Waals surface area contributed by atoms with Gasteiger partial charge in [0.05, 0.1) is 18.8 Å². The van der Waals surface area contributed by atoms with E-state index in [1.807, 2.05) is 24.3 Å². The van der Waals surface area contributed by atoms with Crippen molar-refractivity contribution in [1.82, 2.24) is 5.32 Å². The highest BCUT2D eigenvalue weighted by molar-refractivity contribution is 14.1. The van der Waals surface area contributed by atoms with Crippen LogP contribution in [0.3, 0.4) is 0 Å². The lowest BCUT2D eigenvalue weighted by Crippen LogP contribution is -2.23. The molecule has 0 saturated heterocycles. The summed E-state index contributed by atoms with van der Waals surface area (Å²) in [6, 6.07) is 11.0. The number of carbonyl (C=O) groups is 1. The van der Waals surface area contributed by atoms with E-state index in [2.05, 4.69) is 27.9 Å². The van der Waals surface area contributed by atoms with Gasteiger partial charge in [-0.25, -0.2) is 0 Å². The first-order valence-corrected chi connectivity index (χ1v) is 8.71. The van der Waals surface area contributed by atoms with Gasteiger partial charge in [-0.3, -0.25) is 4.79 Å². The molecule has 0 fully saturated rings. The third-order valence-electron chi connectivity index (χ3n) is 3.44. The van der Waals surface area contributed by atoms with Crippen LogP contribution in [0.1, 0.15) is 22.3 Å². The fourth-order valence-corrected chi connectivity index (χ4v) is 3.02. The van der Waals surface area contributed by atoms with Gasteiger partial charge in [-0.15, -0.1) is 0 Å². The van der Waals surface area contributed by atoms with E-state index < -0.39 is 0 Å². The van der Waals surface area contributed by atoms with Gasteiger partial charge in [0.1, 0.15) is 0 Å². The minimum Gasteiger partial charge on any atom is -0.490 e. The Balaban J connectivity index is 1.69. The van der Waals surface area contributed by atoms with Gasteiger partial charge in [0.25, 0.3) is 5.91 Å². The lowest BCUT2D eigenvalue weighted by atomic mass is 10.1. The monoisotopic (exact) mass is 443 g/mol. The molecule has 6 heteroatoms. The summed E-state index contributed by atoms with van der Waals surface area (Å²) in [5.74, 6) is 1.33. The molecule has 120 valence electrons. The van der Waals surface area contributed by atoms with Gasteiger partial charge in [-0.05, 0) is 58.5 Å². The fourth-order valence-electron chi connectivity index (χ4n) is 2.27. The minimum absolute atomic E-state index is 0.149. The number of hydrogen-bond acceptors (Lipinski definition) is 3. The first kappa shape index (κ1) is 16.4. The average molecular weight is 444 g/mol. The first-order valence-electron chi connectivity index (χ1n) is 7.25. The van der Waals surface area contributed by atoms with E-state index in [0.29, 0.717) is 30.3 Å². The largest absolute Gasteiger partial charge is 0.490 e. The fraction of sp³-hybridized carbons (Fsp3) is 0.235. The molecule has 0 unspecified atom stereocenters. The molecule has 0 saturated carbocycles. The predicted molar refractivity (Wildman–Crippen MR) is 97.4 cm³/mol. The molecule has 1 heterocycles. The van der Waals surface area contributed by atoms with Gasteiger partial charge in [0.2, 0.25) is 0 Å². The lowest BCUT2D eigenvalue weighted by molar-refractivity contribution is 0.0950. The second-order valence-electron chi connectivity index (χ2n) is 5.14. The van der Waals surface area contributed by atoms with Crippen LogP contribution in [-0.2, 0) is 6.54 Å². The molecule has 0 atom stereocenters. The molecule has 4 nitrogen and oxygen atoms in total. The predicted octanol–water partition coefficient (Wildman–Crippen LogP) is 4.04. The van der Waals surface area contributed by atoms with Gasteiger partial charge >= 0.3 is 0 Å². The zero-order valence-corrected chi connectivity index (χ0v) is 15.2. The SMILES string of the molecule is O=C(NCc1ccc2c(c1)OCCCO2)c1cc(Cl)ccc1I. The molecule has 1 aliphatic rings. The van der Waals surface area contributed by atoms with Crippen LogP contribution in [0.15, 0.2) is 36.4 Å². The number of fused-ring (bicyclic) bond motifs is 1. The normalized spacial score (nSPS) is 13.3. The number of nitrogens with one attached hydrogen (secondary N) is 1. The van der Waals surface area contributed by atoms with Crippen LogP contribution in [0.4, 0.5) is 0 Å². The van der Waals surface area contributed by atoms with Crippen LogP contribution in [-0.4, -0.2) is 19.1 Å². The van der Waals surface area contributed by atoms with Gasteiger partial charge < -0.3 is 14.8 Å². The molecule has 1 N–H and O–H groups in total. The Labute approximate surface area is 153 Å². The minimum atomic E-state index is -0.149. The molecule has 1 amide bonds. The molecule has 0 aliphatic carbocycles. The van der Waals surface area contributed by atoms with Crippen LogP contribution >= 0.6 is 34.2 Å². The van der Waals surface area contributed by atoms with E-state index in [1.54, 1.807) is 12.1 Å². The summed E-state index contributed by atoms with van der Waals surface area (Å²) in [6.07, 6.45) is 0.869. The third-order valence-corrected chi connectivity index (χ3v) is 4.61. The Morgan fingerprint density at radius 1 is 1.13 bits per heavy atom. The third kappa shape index (κ3) is 4.09. The Hall–Kier alpha value is -1.47. The molecule has 0 radical (unpaired) electrons. The number of ether oxygens (including phenoxy) is 2. The van der Waals surface area contributed by atoms with Crippen molar-refractivity contribution in [3.8, 4) is 11.5 Å². The zero-order chi connectivity index (χ0) is 16.2. The molecule has 0 spiro atoms. The van der Waals surface area contributed by atoms with Gasteiger partial charge in [0.15, 0.2) is 11.5 Å². The van der Waals surface area contributed by atoms with Crippen molar-refractivity contribution < 1.29 is 14.3 Å². The molecule has 0 bridgehead atoms. The first-order chi connectivity index (χ1) is 11.1. The Kier molecular flexibility index (Phi) is 5.27. The van der Waals surface area contributed by atoms with Crippen molar-refractivity contribution in [2.75, 3.05) is 13.2 Å². The Morgan fingerprint density at radius 3 is 2.74 bits per heavy atom. The van der Waals surface area contributed by atoms with E-state index >= 15 is 0 Å². The maximum absolute atomic E-state index is 12.3. The number of amides is 1. The molecule has 23 heavy (non-hydrogen) atoms. The van der Waals surface area contributed by atoms with Crippen molar-refractivity contribution in [2.24, 2.45) is 0 Å². The molecular weight excluding hydrogens is 429 g/mol. The molecule has 0 aromatic heterocycles. The number of halogens is 2. The Bertz CT molecular complexity index is 736. The maximum Gasteiger partial charge on any atom is 0.252 e. The van der Waals surface area contributed by atoms with Crippen LogP contribution in [0, 0.1) is 3.57 Å². The second kappa shape index (κ2) is 7.40. The van der Waals surface area contributed by atoms with E-state index in [4.69, 9.17) is 21.1 Å². The summed E-state index contributed by atoms with van der Waals surface area (Å²) in [7, 11) is 0. The summed E-state index contributed by atoms with van der Waals surface area (Å²) >= 11 is 8.08. The maximum atomic E-state index is 12.3. The smallest absolute Gasteiger partial charge is 0.252 e. The van der Waals surface area contributed by atoms with Crippen molar-refractivity contribution in [2.45, 2.75) is 13.0 Å². The van der Waals surface area contributed by atoms with Crippen LogP contribution in [0.5, 0.6) is 11.5 Å². The van der Waals surface area contributed by atoms with Gasteiger partial charge in [-0.2, -0.15) is 0 Å². The molecule has 1 aliphatic heterocycles. The number of hydrogen-bond donors (Lipinski definition) is 1. The van der Waals surface area contributed by atoms with Gasteiger partial charge in [-0.1, -0.05) is 17.7 Å². The van der Waals surface area contributed by atoms with Crippen LogP contribution in [0.2, 0.25) is 5.02 Å². The summed E-state index contributed by atoms with van der Waals surface area (Å²) in [4.78, 5) is 12.3. The summed E-state index contributed by atoms with van der Waals surface area (Å²) in [6.45, 7) is 1.72. The number of carbonyl (C=O) groups excluding carboxylic acids is 1. The van der Waals surface area contributed by atoms with E-state index in [1.165, 1.54) is 0 Å². The van der Waals surface area contributed by atoms with Crippen molar-refractivity contribution in [1.29, 1.82) is 0 Å². The van der Waals surface area contributed by atoms with Crippen molar-refractivity contribution in [3.05, 3.63) is 56.1 Å². The summed E-state index contributed by atoms with van der Waals surface area (Å²) in [5.41, 5.74) is 1.53. The standard InChI is InChI=1S/C17H15ClINO3/c18-12-3-4-14(19)13(9-12)17(21)20-10-11-2-5-15-16(8-11)23-7-1-6-22-15/h2-5,8-9H,1,6-7,10H2,(H,20,21). The zero-order valence-electron chi connectivity index (χ0n) is 12.3. The topological polar surface area (TPSA) is 47.6 Å².